The molecular weight excluding hydrogens is 628 g/mol. The molecule has 36 heavy (non-hydrogen) atoms. The van der Waals surface area contributed by atoms with E-state index in [0.29, 0.717) is 37.3 Å². The smallest absolute Gasteiger partial charge is 0.282 e. The van der Waals surface area contributed by atoms with Gasteiger partial charge in [0.25, 0.3) is 0 Å². The van der Waals surface area contributed by atoms with Crippen molar-refractivity contribution in [3.8, 4) is 0 Å². The summed E-state index contributed by atoms with van der Waals surface area (Å²) in [4.78, 5) is 31.8. The third kappa shape index (κ3) is 5.26. The van der Waals surface area contributed by atoms with Crippen molar-refractivity contribution in [3.05, 3.63) is 57.5 Å². The number of amidine groups is 2. The zero-order valence-electron chi connectivity index (χ0n) is 19.0. The fraction of sp³-hybridized carbons (Fsp3) is 0.250. The van der Waals surface area contributed by atoms with E-state index >= 15 is 0 Å². The Morgan fingerprint density at radius 2 is 0.944 bits per heavy atom. The van der Waals surface area contributed by atoms with Crippen LogP contribution in [0.1, 0.15) is 25.7 Å². The van der Waals surface area contributed by atoms with Crippen LogP contribution < -0.4 is 9.80 Å². The second kappa shape index (κ2) is 11.2. The second-order valence-electron chi connectivity index (χ2n) is 8.21. The topological polar surface area (TPSA) is 94.8 Å². The Morgan fingerprint density at radius 3 is 1.28 bits per heavy atom. The van der Waals surface area contributed by atoms with Crippen LogP contribution in [0.2, 0.25) is 0 Å². The fourth-order valence-electron chi connectivity index (χ4n) is 3.99. The van der Waals surface area contributed by atoms with Crippen LogP contribution in [0.15, 0.2) is 57.5 Å². The van der Waals surface area contributed by atoms with Gasteiger partial charge in [-0.1, -0.05) is 69.1 Å². The molecule has 0 unspecified atom stereocenters. The summed E-state index contributed by atoms with van der Waals surface area (Å²) < 4.78 is 1.79. The number of carbonyl (C=O) groups excluding carboxylic acids is 2. The van der Waals surface area contributed by atoms with Gasteiger partial charge in [0.1, 0.15) is 0 Å². The molecule has 8 nitrogen and oxygen atoms in total. The van der Waals surface area contributed by atoms with Gasteiger partial charge in [-0.2, -0.15) is 0 Å². The maximum Gasteiger partial charge on any atom is 0.335 e. The molecule has 2 aliphatic rings. The Bertz CT molecular complexity index is 1150. The van der Waals surface area contributed by atoms with Gasteiger partial charge in [-0.15, -0.1) is 0 Å². The minimum atomic E-state index is -0.315. The Morgan fingerprint density at radius 1 is 0.611 bits per heavy atom. The van der Waals surface area contributed by atoms with E-state index in [-0.39, 0.29) is 33.7 Å². The number of hydrogen-bond acceptors (Lipinski definition) is 6. The van der Waals surface area contributed by atoms with Gasteiger partial charge in [0, 0.05) is 22.0 Å². The molecule has 0 saturated carbocycles. The summed E-state index contributed by atoms with van der Waals surface area (Å²) in [5, 5.41) is 16.6. The number of benzene rings is 2. The lowest BCUT2D eigenvalue weighted by Gasteiger charge is -2.18. The third-order valence-corrected chi connectivity index (χ3v) is 7.69. The molecule has 0 bridgehead atoms. The molecule has 0 aliphatic carbocycles. The summed E-state index contributed by atoms with van der Waals surface area (Å²) in [6, 6.07) is 13.8. The molecule has 2 aliphatic heterocycles. The zero-order chi connectivity index (χ0) is 26.0. The van der Waals surface area contributed by atoms with Gasteiger partial charge in [0.15, 0.2) is 21.6 Å². The lowest BCUT2D eigenvalue weighted by Crippen LogP contribution is -2.34. The highest BCUT2D eigenvalue weighted by Crippen LogP contribution is 2.27. The van der Waals surface area contributed by atoms with Crippen LogP contribution in [0.3, 0.4) is 0 Å². The van der Waals surface area contributed by atoms with Crippen molar-refractivity contribution in [1.29, 1.82) is 10.8 Å². The van der Waals surface area contributed by atoms with Crippen molar-refractivity contribution < 1.29 is 9.59 Å². The van der Waals surface area contributed by atoms with Crippen molar-refractivity contribution in [2.24, 2.45) is 0 Å². The molecule has 2 aromatic carbocycles. The minimum Gasteiger partial charge on any atom is -0.282 e. The summed E-state index contributed by atoms with van der Waals surface area (Å²) >= 11 is 17.5. The predicted molar refractivity (Wildman–Crippen MR) is 157 cm³/mol. The van der Waals surface area contributed by atoms with Gasteiger partial charge in [-0.05, 0) is 61.4 Å². The van der Waals surface area contributed by atoms with Gasteiger partial charge in [0.05, 0.1) is 11.4 Å². The average Bonchev–Trinajstić information content (AvgIpc) is 3.20. The molecular formula is C24H22Br2N6O2S2. The molecule has 2 saturated heterocycles. The van der Waals surface area contributed by atoms with Gasteiger partial charge < -0.3 is 0 Å². The van der Waals surface area contributed by atoms with E-state index in [9.17, 15) is 9.59 Å². The maximum absolute atomic E-state index is 12.9. The molecule has 0 aromatic heterocycles. The van der Waals surface area contributed by atoms with Crippen LogP contribution in [-0.2, 0) is 0 Å². The summed E-state index contributed by atoms with van der Waals surface area (Å²) in [7, 11) is 0. The van der Waals surface area contributed by atoms with E-state index in [0.717, 1.165) is 21.8 Å². The lowest BCUT2D eigenvalue weighted by molar-refractivity contribution is 0.230. The van der Waals surface area contributed by atoms with Crippen LogP contribution in [0.5, 0.6) is 0 Å². The highest BCUT2D eigenvalue weighted by atomic mass is 79.9. The molecule has 0 atom stereocenters. The summed E-state index contributed by atoms with van der Waals surface area (Å²) in [5.74, 6) is 0.0751. The minimum absolute atomic E-state index is 0.0376. The predicted octanol–water partition coefficient (Wildman–Crippen LogP) is 6.57. The van der Waals surface area contributed by atoms with Crippen LogP contribution >= 0.6 is 56.3 Å². The number of halogens is 2. The Hall–Kier alpha value is -2.54. The fourth-order valence-corrected chi connectivity index (χ4v) is 5.11. The van der Waals surface area contributed by atoms with E-state index in [2.05, 4.69) is 31.9 Å². The Kier molecular flexibility index (Phi) is 8.28. The number of hydrogen-bond donors (Lipinski definition) is 2. The van der Waals surface area contributed by atoms with Crippen molar-refractivity contribution in [2.45, 2.75) is 25.7 Å². The highest BCUT2D eigenvalue weighted by Gasteiger charge is 2.40. The van der Waals surface area contributed by atoms with Crippen LogP contribution in [-0.4, -0.2) is 56.6 Å². The first-order chi connectivity index (χ1) is 17.2. The van der Waals surface area contributed by atoms with Crippen LogP contribution in [0.25, 0.3) is 0 Å². The molecule has 4 amide bonds. The Balaban J connectivity index is 1.25. The average molecular weight is 650 g/mol. The lowest BCUT2D eigenvalue weighted by atomic mass is 10.2. The molecule has 0 spiro atoms. The second-order valence-corrected chi connectivity index (χ2v) is 10.8. The van der Waals surface area contributed by atoms with Crippen LogP contribution in [0, 0.1) is 10.8 Å². The molecule has 186 valence electrons. The molecule has 4 rings (SSSR count). The van der Waals surface area contributed by atoms with Gasteiger partial charge >= 0.3 is 12.1 Å². The van der Waals surface area contributed by atoms with Crippen LogP contribution in [0.4, 0.5) is 21.0 Å². The maximum atomic E-state index is 12.9. The van der Waals surface area contributed by atoms with Gasteiger partial charge in [-0.25, -0.2) is 19.4 Å². The van der Waals surface area contributed by atoms with Gasteiger partial charge in [0.2, 0.25) is 0 Å². The largest absolute Gasteiger partial charge is 0.335 e. The highest BCUT2D eigenvalue weighted by molar-refractivity contribution is 9.10. The van der Waals surface area contributed by atoms with Crippen molar-refractivity contribution in [3.63, 3.8) is 0 Å². The zero-order valence-corrected chi connectivity index (χ0v) is 23.8. The molecule has 2 aromatic rings. The summed E-state index contributed by atoms with van der Waals surface area (Å²) in [5.41, 5.74) is 1.27. The third-order valence-electron chi connectivity index (χ3n) is 5.88. The van der Waals surface area contributed by atoms with E-state index in [1.807, 2.05) is 24.3 Å². The van der Waals surface area contributed by atoms with Crippen molar-refractivity contribution in [2.75, 3.05) is 22.9 Å². The number of unbranched alkanes of at least 4 members (excludes halogenated alkanes) is 3. The van der Waals surface area contributed by atoms with Crippen molar-refractivity contribution in [1.82, 2.24) is 9.80 Å². The van der Waals surface area contributed by atoms with Crippen molar-refractivity contribution >= 4 is 101 Å². The molecule has 2 heterocycles. The number of amides is 4. The Labute approximate surface area is 236 Å². The standard InChI is InChI=1S/C24H22Br2N6O2S2/c25-15-5-9-17(10-6-15)31-21(35)19(27)29(23(31)33)13-3-1-2-4-14-30-20(28)22(36)32(24(30)34)18-11-7-16(26)8-12-18/h5-12,27-28H,1-4,13-14H2. The molecule has 0 radical (unpaired) electrons. The quantitative estimate of drug-likeness (QED) is 0.237. The number of rotatable bonds is 9. The number of carbonyl (C=O) groups is 2. The number of anilines is 2. The monoisotopic (exact) mass is 648 g/mol. The normalized spacial score (nSPS) is 16.3. The summed E-state index contributed by atoms with van der Waals surface area (Å²) in [6.07, 6.45) is 3.00. The van der Waals surface area contributed by atoms with E-state index in [1.54, 1.807) is 24.3 Å². The van der Waals surface area contributed by atoms with E-state index in [1.165, 1.54) is 19.6 Å². The molecule has 2 N–H and O–H groups in total. The number of urea groups is 2. The van der Waals surface area contributed by atoms with E-state index < -0.39 is 0 Å². The SMILES string of the molecule is N=C1C(=S)N(c2ccc(Br)cc2)C(=O)N1CCCCCCN1C(=N)C(=S)N(c2ccc(Br)cc2)C1=O. The first-order valence-corrected chi connectivity index (χ1v) is 13.6. The molecule has 2 fully saturated rings. The van der Waals surface area contributed by atoms with E-state index in [4.69, 9.17) is 35.3 Å². The first kappa shape index (κ1) is 26.5. The summed E-state index contributed by atoms with van der Waals surface area (Å²) in [6.45, 7) is 0.787. The number of nitrogens with one attached hydrogen (secondary N) is 2. The van der Waals surface area contributed by atoms with Gasteiger partial charge in [-0.3, -0.25) is 20.6 Å². The number of thiocarbonyl (C=S) groups is 2. The first-order valence-electron chi connectivity index (χ1n) is 11.2. The molecule has 12 heteroatoms. The number of nitrogens with zero attached hydrogens (tertiary/aromatic N) is 4.